The summed E-state index contributed by atoms with van der Waals surface area (Å²) in [6.07, 6.45) is -0.544. The Morgan fingerprint density at radius 2 is 1.32 bits per heavy atom. The fraction of sp³-hybridized carbons (Fsp3) is 0.111. The zero-order chi connectivity index (χ0) is 16.1. The number of hydrogen-bond acceptors (Lipinski definition) is 4. The van der Waals surface area contributed by atoms with E-state index in [1.807, 2.05) is 0 Å². The summed E-state index contributed by atoms with van der Waals surface area (Å²) >= 11 is 0. The smallest absolute Gasteiger partial charge is 0.229 e. The highest BCUT2D eigenvalue weighted by Gasteiger charge is 2.22. The summed E-state index contributed by atoms with van der Waals surface area (Å²) < 4.78 is 0. The molecule has 0 heterocycles. The molecule has 0 aliphatic rings. The van der Waals surface area contributed by atoms with E-state index in [0.29, 0.717) is 0 Å². The molecule has 0 radical (unpaired) electrons. The first-order valence-electron chi connectivity index (χ1n) is 6.76. The molecule has 0 aromatic heterocycles. The maximum atomic E-state index is 12.2. The Kier molecular flexibility index (Phi) is 4.73. The van der Waals surface area contributed by atoms with Crippen molar-refractivity contribution >= 4 is 23.1 Å². The third-order valence-electron chi connectivity index (χ3n) is 3.22. The lowest BCUT2D eigenvalue weighted by atomic mass is 9.96. The molecule has 0 saturated heterocycles. The molecule has 0 fully saturated rings. The molecule has 0 amide bonds. The van der Waals surface area contributed by atoms with Crippen LogP contribution >= 0.6 is 0 Å². The molecule has 2 aromatic carbocycles. The van der Waals surface area contributed by atoms with Gasteiger partial charge in [0, 0.05) is 16.7 Å². The van der Waals surface area contributed by atoms with Crippen molar-refractivity contribution in [3.05, 3.63) is 71.3 Å². The van der Waals surface area contributed by atoms with Crippen molar-refractivity contribution in [3.63, 3.8) is 0 Å². The Morgan fingerprint density at radius 1 is 0.773 bits per heavy atom. The lowest BCUT2D eigenvalue weighted by Crippen LogP contribution is -2.19. The van der Waals surface area contributed by atoms with Crippen molar-refractivity contribution in [2.75, 3.05) is 0 Å². The van der Waals surface area contributed by atoms with Gasteiger partial charge in [-0.15, -0.1) is 0 Å². The molecule has 4 nitrogen and oxygen atoms in total. The highest BCUT2D eigenvalue weighted by molar-refractivity contribution is 6.46. The fourth-order valence-electron chi connectivity index (χ4n) is 2.11. The SMILES string of the molecule is CC(=O)c1ccccc1C(=O)CC(=O)C(=O)c1ccccc1. The predicted molar refractivity (Wildman–Crippen MR) is 81.2 cm³/mol. The largest absolute Gasteiger partial charge is 0.294 e. The minimum Gasteiger partial charge on any atom is -0.294 e. The van der Waals surface area contributed by atoms with E-state index in [-0.39, 0.29) is 22.5 Å². The highest BCUT2D eigenvalue weighted by atomic mass is 16.2. The van der Waals surface area contributed by atoms with Gasteiger partial charge in [-0.1, -0.05) is 54.6 Å². The van der Waals surface area contributed by atoms with Crippen LogP contribution in [0.2, 0.25) is 0 Å². The maximum absolute atomic E-state index is 12.2. The summed E-state index contributed by atoms with van der Waals surface area (Å²) in [7, 11) is 0. The van der Waals surface area contributed by atoms with E-state index in [1.165, 1.54) is 31.2 Å². The highest BCUT2D eigenvalue weighted by Crippen LogP contribution is 2.13. The molecule has 0 bridgehead atoms. The number of carbonyl (C=O) groups is 4. The monoisotopic (exact) mass is 294 g/mol. The molecule has 0 unspecified atom stereocenters. The molecular formula is C18H14O4. The van der Waals surface area contributed by atoms with Crippen LogP contribution in [-0.2, 0) is 4.79 Å². The molecule has 2 rings (SSSR count). The van der Waals surface area contributed by atoms with Crippen molar-refractivity contribution < 1.29 is 19.2 Å². The number of benzene rings is 2. The maximum Gasteiger partial charge on any atom is 0.229 e. The van der Waals surface area contributed by atoms with Gasteiger partial charge in [-0.25, -0.2) is 0 Å². The average Bonchev–Trinajstić information content (AvgIpc) is 2.54. The molecule has 4 heteroatoms. The third-order valence-corrected chi connectivity index (χ3v) is 3.22. The predicted octanol–water partition coefficient (Wildman–Crippen LogP) is 2.91. The number of rotatable bonds is 6. The fourth-order valence-corrected chi connectivity index (χ4v) is 2.11. The van der Waals surface area contributed by atoms with Crippen LogP contribution in [0.25, 0.3) is 0 Å². The first-order chi connectivity index (χ1) is 10.5. The Balaban J connectivity index is 2.18. The number of ketones is 4. The van der Waals surface area contributed by atoms with E-state index in [0.717, 1.165) is 0 Å². The van der Waals surface area contributed by atoms with Crippen molar-refractivity contribution in [1.82, 2.24) is 0 Å². The van der Waals surface area contributed by atoms with E-state index >= 15 is 0 Å². The van der Waals surface area contributed by atoms with Crippen LogP contribution < -0.4 is 0 Å². The summed E-state index contributed by atoms with van der Waals surface area (Å²) in [6, 6.07) is 14.3. The Morgan fingerprint density at radius 3 is 1.91 bits per heavy atom. The van der Waals surface area contributed by atoms with Gasteiger partial charge in [0.1, 0.15) is 0 Å². The van der Waals surface area contributed by atoms with Gasteiger partial charge < -0.3 is 0 Å². The molecule has 0 aliphatic carbocycles. The summed E-state index contributed by atoms with van der Waals surface area (Å²) in [5, 5.41) is 0. The van der Waals surface area contributed by atoms with Gasteiger partial charge >= 0.3 is 0 Å². The summed E-state index contributed by atoms with van der Waals surface area (Å²) in [5.74, 6) is -2.27. The second kappa shape index (κ2) is 6.72. The third kappa shape index (κ3) is 3.41. The number of hydrogen-bond donors (Lipinski definition) is 0. The second-order valence-corrected chi connectivity index (χ2v) is 4.82. The first kappa shape index (κ1) is 15.5. The van der Waals surface area contributed by atoms with E-state index in [1.54, 1.807) is 30.3 Å². The van der Waals surface area contributed by atoms with Crippen LogP contribution in [0, 0.1) is 0 Å². The van der Waals surface area contributed by atoms with Crippen molar-refractivity contribution in [3.8, 4) is 0 Å². The van der Waals surface area contributed by atoms with Crippen molar-refractivity contribution in [2.45, 2.75) is 13.3 Å². The van der Waals surface area contributed by atoms with E-state index in [2.05, 4.69) is 0 Å². The summed E-state index contributed by atoms with van der Waals surface area (Å²) in [5.41, 5.74) is 0.678. The molecule has 0 saturated carbocycles. The lowest BCUT2D eigenvalue weighted by Gasteiger charge is -2.05. The standard InChI is InChI=1S/C18H14O4/c1-12(19)14-9-5-6-10-15(14)16(20)11-17(21)18(22)13-7-3-2-4-8-13/h2-10H,11H2,1H3. The van der Waals surface area contributed by atoms with E-state index in [4.69, 9.17) is 0 Å². The quantitative estimate of drug-likeness (QED) is 0.466. The zero-order valence-corrected chi connectivity index (χ0v) is 12.0. The second-order valence-electron chi connectivity index (χ2n) is 4.82. The Labute approximate surface area is 127 Å². The molecule has 0 atom stereocenters. The van der Waals surface area contributed by atoms with Gasteiger partial charge in [-0.05, 0) is 6.92 Å². The van der Waals surface area contributed by atoms with Gasteiger partial charge in [0.25, 0.3) is 0 Å². The van der Waals surface area contributed by atoms with E-state index in [9.17, 15) is 19.2 Å². The molecule has 2 aromatic rings. The van der Waals surface area contributed by atoms with Crippen LogP contribution in [0.4, 0.5) is 0 Å². The van der Waals surface area contributed by atoms with Crippen LogP contribution in [0.1, 0.15) is 44.4 Å². The van der Waals surface area contributed by atoms with Gasteiger partial charge in [-0.2, -0.15) is 0 Å². The molecule has 22 heavy (non-hydrogen) atoms. The first-order valence-corrected chi connectivity index (χ1v) is 6.76. The van der Waals surface area contributed by atoms with Gasteiger partial charge in [0.05, 0.1) is 6.42 Å². The van der Waals surface area contributed by atoms with E-state index < -0.39 is 23.8 Å². The van der Waals surface area contributed by atoms with Crippen LogP contribution in [0.3, 0.4) is 0 Å². The van der Waals surface area contributed by atoms with Gasteiger partial charge in [-0.3, -0.25) is 19.2 Å². The molecule has 0 spiro atoms. The zero-order valence-electron chi connectivity index (χ0n) is 12.0. The lowest BCUT2D eigenvalue weighted by molar-refractivity contribution is -0.114. The van der Waals surface area contributed by atoms with Crippen LogP contribution in [0.5, 0.6) is 0 Å². The van der Waals surface area contributed by atoms with Crippen LogP contribution in [0.15, 0.2) is 54.6 Å². The molecule has 0 aliphatic heterocycles. The minimum atomic E-state index is -0.783. The number of carbonyl (C=O) groups excluding carboxylic acids is 4. The Bertz CT molecular complexity index is 745. The average molecular weight is 294 g/mol. The molecule has 0 N–H and O–H groups in total. The topological polar surface area (TPSA) is 68.3 Å². The number of Topliss-reactive ketones (excluding diaryl/α,β-unsaturated/α-hetero) is 4. The van der Waals surface area contributed by atoms with Crippen LogP contribution in [-0.4, -0.2) is 23.1 Å². The van der Waals surface area contributed by atoms with Crippen molar-refractivity contribution in [1.29, 1.82) is 0 Å². The van der Waals surface area contributed by atoms with Gasteiger partial charge in [0.2, 0.25) is 11.6 Å². The Hall–Kier alpha value is -2.88. The van der Waals surface area contributed by atoms with Gasteiger partial charge in [0.15, 0.2) is 11.6 Å². The van der Waals surface area contributed by atoms with Crippen molar-refractivity contribution in [2.24, 2.45) is 0 Å². The normalized spacial score (nSPS) is 10.0. The summed E-state index contributed by atoms with van der Waals surface area (Å²) in [4.78, 5) is 47.6. The molecular weight excluding hydrogens is 280 g/mol. The molecule has 110 valence electrons. The minimum absolute atomic E-state index is 0.171. The summed E-state index contributed by atoms with van der Waals surface area (Å²) in [6.45, 7) is 1.35.